The van der Waals surface area contributed by atoms with Gasteiger partial charge in [0.2, 0.25) is 0 Å². The van der Waals surface area contributed by atoms with Crippen molar-refractivity contribution < 1.29 is 17.9 Å². The fourth-order valence-electron chi connectivity index (χ4n) is 5.00. The van der Waals surface area contributed by atoms with Gasteiger partial charge in [0.05, 0.1) is 17.2 Å². The van der Waals surface area contributed by atoms with E-state index in [4.69, 9.17) is 0 Å². The molecule has 10 heteroatoms. The number of nitrogens with zero attached hydrogens (tertiary/aromatic N) is 5. The number of imidazole rings is 1. The summed E-state index contributed by atoms with van der Waals surface area (Å²) in [4.78, 5) is 6.83. The molecule has 1 aliphatic rings. The Morgan fingerprint density at radius 2 is 1.80 bits per heavy atom. The van der Waals surface area contributed by atoms with E-state index in [1.165, 1.54) is 23.4 Å². The molecule has 2 heterocycles. The molecule has 0 atom stereocenters. The normalized spacial score (nSPS) is 15.3. The number of fused-ring (bicyclic) bond motifs is 3. The smallest absolute Gasteiger partial charge is 0.406 e. The summed E-state index contributed by atoms with van der Waals surface area (Å²) in [7, 11) is 0. The van der Waals surface area contributed by atoms with Gasteiger partial charge in [-0.05, 0) is 64.9 Å². The number of hydrogen-bond donors (Lipinski definition) is 0. The van der Waals surface area contributed by atoms with Crippen molar-refractivity contribution in [3.8, 4) is 11.4 Å². The summed E-state index contributed by atoms with van der Waals surface area (Å²) in [5, 5.41) is 11.8. The fraction of sp³-hybridized carbons (Fsp3) is 0.194. The molecule has 0 amide bonds. The molecule has 1 fully saturated rings. The molecule has 0 radical (unpaired) electrons. The summed E-state index contributed by atoms with van der Waals surface area (Å²) in [6, 6.07) is 24.1. The Kier molecular flexibility index (Phi) is 7.17. The predicted octanol–water partition coefficient (Wildman–Crippen LogP) is 8.14. The number of anilines is 1. The second kappa shape index (κ2) is 10.9. The molecule has 41 heavy (non-hydrogen) atoms. The third-order valence-corrected chi connectivity index (χ3v) is 7.83. The van der Waals surface area contributed by atoms with E-state index in [2.05, 4.69) is 62.9 Å². The lowest BCUT2D eigenvalue weighted by molar-refractivity contribution is -0.274. The van der Waals surface area contributed by atoms with Gasteiger partial charge in [-0.15, -0.1) is 18.3 Å². The zero-order valence-electron chi connectivity index (χ0n) is 22.3. The minimum Gasteiger partial charge on any atom is -0.406 e. The van der Waals surface area contributed by atoms with E-state index in [1.807, 2.05) is 34.9 Å². The van der Waals surface area contributed by atoms with Crippen LogP contribution in [0.2, 0.25) is 0 Å². The van der Waals surface area contributed by atoms with Gasteiger partial charge in [0, 0.05) is 29.1 Å². The van der Waals surface area contributed by atoms with Crippen LogP contribution in [-0.4, -0.2) is 39.6 Å². The van der Waals surface area contributed by atoms with Gasteiger partial charge in [-0.1, -0.05) is 62.0 Å². The van der Waals surface area contributed by atoms with Crippen molar-refractivity contribution in [1.82, 2.24) is 9.55 Å². The summed E-state index contributed by atoms with van der Waals surface area (Å²) in [5.41, 5.74) is 5.71. The molecule has 0 N–H and O–H groups in total. The van der Waals surface area contributed by atoms with Crippen LogP contribution in [0.3, 0.4) is 0 Å². The van der Waals surface area contributed by atoms with Crippen LogP contribution in [0, 0.1) is 0 Å². The van der Waals surface area contributed by atoms with Crippen molar-refractivity contribution in [1.29, 1.82) is 0 Å². The highest BCUT2D eigenvalue weighted by Crippen LogP contribution is 2.33. The Morgan fingerprint density at radius 1 is 1.00 bits per heavy atom. The molecular formula is C31H26F3N5OS. The van der Waals surface area contributed by atoms with Gasteiger partial charge in [-0.2, -0.15) is 5.10 Å². The first-order valence-corrected chi connectivity index (χ1v) is 14.1. The third kappa shape index (κ3) is 5.65. The summed E-state index contributed by atoms with van der Waals surface area (Å²) >= 11 is 1.70. The molecule has 1 aromatic heterocycles. The average molecular weight is 574 g/mol. The number of halogens is 3. The van der Waals surface area contributed by atoms with E-state index in [1.54, 1.807) is 36.4 Å². The van der Waals surface area contributed by atoms with Crippen molar-refractivity contribution in [3.63, 3.8) is 0 Å². The van der Waals surface area contributed by atoms with Crippen LogP contribution >= 0.6 is 11.8 Å². The molecule has 0 spiro atoms. The number of benzene rings is 4. The number of aromatic nitrogens is 2. The lowest BCUT2D eigenvalue weighted by Gasteiger charge is -2.22. The van der Waals surface area contributed by atoms with Gasteiger partial charge < -0.3 is 9.64 Å². The number of alkyl halides is 3. The number of hydrogen-bond acceptors (Lipinski definition) is 5. The zero-order chi connectivity index (χ0) is 28.6. The van der Waals surface area contributed by atoms with Gasteiger partial charge in [0.1, 0.15) is 12.1 Å². The molecule has 208 valence electrons. The Hall–Kier alpha value is -4.31. The molecule has 1 aliphatic heterocycles. The maximum atomic E-state index is 12.5. The number of thioether (sulfide) groups is 1. The molecule has 0 unspecified atom stereocenters. The minimum absolute atomic E-state index is 0.268. The first-order valence-electron chi connectivity index (χ1n) is 13.1. The monoisotopic (exact) mass is 573 g/mol. The maximum Gasteiger partial charge on any atom is 0.573 e. The van der Waals surface area contributed by atoms with E-state index in [0.717, 1.165) is 44.8 Å². The summed E-state index contributed by atoms with van der Waals surface area (Å²) < 4.78 is 43.3. The lowest BCUT2D eigenvalue weighted by atomic mass is 10.0. The minimum atomic E-state index is -4.73. The molecule has 6 nitrogen and oxygen atoms in total. The average Bonchev–Trinajstić information content (AvgIpc) is 3.60. The number of para-hydroxylation sites is 1. The predicted molar refractivity (Wildman–Crippen MR) is 161 cm³/mol. The highest BCUT2D eigenvalue weighted by atomic mass is 32.2. The quantitative estimate of drug-likeness (QED) is 0.152. The Labute approximate surface area is 239 Å². The van der Waals surface area contributed by atoms with Crippen LogP contribution < -0.4 is 9.64 Å². The topological polar surface area (TPSA) is 55.0 Å². The van der Waals surface area contributed by atoms with Gasteiger partial charge in [-0.25, -0.2) is 4.98 Å². The first-order chi connectivity index (χ1) is 19.8. The van der Waals surface area contributed by atoms with E-state index in [9.17, 15) is 13.2 Å². The molecule has 5 aromatic rings. The highest BCUT2D eigenvalue weighted by molar-refractivity contribution is 8.14. The van der Waals surface area contributed by atoms with Crippen LogP contribution in [-0.2, 0) is 0 Å². The van der Waals surface area contributed by atoms with Crippen molar-refractivity contribution in [3.05, 3.63) is 96.3 Å². The van der Waals surface area contributed by atoms with Gasteiger partial charge in [0.15, 0.2) is 5.17 Å². The largest absolute Gasteiger partial charge is 0.573 e. The van der Waals surface area contributed by atoms with Gasteiger partial charge in [0.25, 0.3) is 0 Å². The van der Waals surface area contributed by atoms with E-state index in [-0.39, 0.29) is 5.75 Å². The molecule has 4 aromatic carbocycles. The second-order valence-corrected chi connectivity index (χ2v) is 11.0. The number of ether oxygens (including phenoxy) is 1. The standard InChI is InChI=1S/C31H26F3N5OS/c1-20(2)25-5-3-4-6-27(25)38-15-16-41-30(38)37-36-18-21-7-13-26-22(17-21)8-14-28-29(26)35-19-39(28)23-9-11-24(12-10-23)40-31(32,33)34/h3-14,17-20H,15-16H2,1-2H3. The SMILES string of the molecule is CC(C)c1ccccc1N1CCSC1=NN=Cc1ccc2c(ccc3c2ncn3-c2ccc(OC(F)(F)F)cc2)c1. The molecule has 1 saturated heterocycles. The second-order valence-electron chi connectivity index (χ2n) is 9.91. The molecule has 0 saturated carbocycles. The van der Waals surface area contributed by atoms with Crippen LogP contribution in [0.25, 0.3) is 27.5 Å². The van der Waals surface area contributed by atoms with Crippen molar-refractivity contribution >= 4 is 50.6 Å². The number of amidine groups is 1. The Balaban J connectivity index is 1.24. The van der Waals surface area contributed by atoms with E-state index in [0.29, 0.717) is 11.6 Å². The zero-order valence-corrected chi connectivity index (χ0v) is 23.2. The molecule has 0 aliphatic carbocycles. The fourth-order valence-corrected chi connectivity index (χ4v) is 5.90. The van der Waals surface area contributed by atoms with E-state index < -0.39 is 6.36 Å². The third-order valence-electron chi connectivity index (χ3n) is 6.88. The van der Waals surface area contributed by atoms with Crippen LogP contribution in [0.4, 0.5) is 18.9 Å². The Morgan fingerprint density at radius 3 is 2.59 bits per heavy atom. The molecule has 6 rings (SSSR count). The van der Waals surface area contributed by atoms with Crippen LogP contribution in [0.15, 0.2) is 95.4 Å². The first kappa shape index (κ1) is 26.9. The maximum absolute atomic E-state index is 12.5. The van der Waals surface area contributed by atoms with Crippen molar-refractivity contribution in [2.75, 3.05) is 17.2 Å². The van der Waals surface area contributed by atoms with Crippen molar-refractivity contribution in [2.24, 2.45) is 10.2 Å². The van der Waals surface area contributed by atoms with Crippen LogP contribution in [0.1, 0.15) is 30.9 Å². The molecule has 0 bridgehead atoms. The number of rotatable bonds is 6. The van der Waals surface area contributed by atoms with Crippen LogP contribution in [0.5, 0.6) is 5.75 Å². The summed E-state index contributed by atoms with van der Waals surface area (Å²) in [6.45, 7) is 5.29. The van der Waals surface area contributed by atoms with Gasteiger partial charge >= 0.3 is 6.36 Å². The summed E-state index contributed by atoms with van der Waals surface area (Å²) in [5.74, 6) is 1.11. The lowest BCUT2D eigenvalue weighted by Crippen LogP contribution is -2.24. The van der Waals surface area contributed by atoms with E-state index >= 15 is 0 Å². The highest BCUT2D eigenvalue weighted by Gasteiger charge is 2.31. The molecular weight excluding hydrogens is 547 g/mol. The van der Waals surface area contributed by atoms with Crippen molar-refractivity contribution in [2.45, 2.75) is 26.1 Å². The summed E-state index contributed by atoms with van der Waals surface area (Å²) in [6.07, 6.45) is -1.31. The Bertz CT molecular complexity index is 1780. The van der Waals surface area contributed by atoms with Gasteiger partial charge in [-0.3, -0.25) is 4.57 Å².